The Balaban J connectivity index is 0.000000704. The summed E-state index contributed by atoms with van der Waals surface area (Å²) in [7, 11) is 1.67. The predicted octanol–water partition coefficient (Wildman–Crippen LogP) is 2.87. The second-order valence-corrected chi connectivity index (χ2v) is 4.38. The normalized spacial score (nSPS) is 13.9. The van der Waals surface area contributed by atoms with Crippen molar-refractivity contribution >= 4 is 0 Å². The molecule has 0 spiro atoms. The quantitative estimate of drug-likeness (QED) is 0.932. The van der Waals surface area contributed by atoms with Crippen molar-refractivity contribution in [2.45, 2.75) is 19.8 Å². The van der Waals surface area contributed by atoms with Crippen LogP contribution in [-0.4, -0.2) is 30.2 Å². The van der Waals surface area contributed by atoms with Crippen LogP contribution in [0.3, 0.4) is 0 Å². The molecule has 1 aromatic heterocycles. The number of rotatable bonds is 3. The Bertz CT molecular complexity index is 553. The molecular formula is C16H21N3O. The third kappa shape index (κ3) is 2.96. The lowest BCUT2D eigenvalue weighted by Crippen LogP contribution is -2.40. The fraction of sp³-hybridized carbons (Fsp3) is 0.375. The summed E-state index contributed by atoms with van der Waals surface area (Å²) in [5.74, 6) is 1.32. The van der Waals surface area contributed by atoms with Crippen molar-refractivity contribution < 1.29 is 4.74 Å². The molecule has 0 saturated carbocycles. The molecule has 106 valence electrons. The molecule has 4 heteroatoms. The van der Waals surface area contributed by atoms with Crippen LogP contribution in [0.4, 0.5) is 0 Å². The van der Waals surface area contributed by atoms with Crippen LogP contribution in [0.1, 0.15) is 25.5 Å². The Hall–Kier alpha value is -1.94. The largest absolute Gasteiger partial charge is 0.497 e. The smallest absolute Gasteiger partial charge is 0.119 e. The number of methoxy groups -OCH3 is 1. The summed E-state index contributed by atoms with van der Waals surface area (Å²) >= 11 is 0. The van der Waals surface area contributed by atoms with Crippen LogP contribution in [0.2, 0.25) is 0 Å². The molecule has 20 heavy (non-hydrogen) atoms. The average Bonchev–Trinajstić information content (AvgIpc) is 2.48. The molecule has 1 N–H and O–H groups in total. The van der Waals surface area contributed by atoms with Gasteiger partial charge >= 0.3 is 0 Å². The Morgan fingerprint density at radius 2 is 1.90 bits per heavy atom. The summed E-state index contributed by atoms with van der Waals surface area (Å²) in [6.45, 7) is 5.96. The molecule has 1 aromatic carbocycles. The summed E-state index contributed by atoms with van der Waals surface area (Å²) in [6.07, 6.45) is 3.50. The van der Waals surface area contributed by atoms with Gasteiger partial charge in [-0.05, 0) is 12.1 Å². The number of hydrogen-bond acceptors (Lipinski definition) is 4. The van der Waals surface area contributed by atoms with Crippen molar-refractivity contribution in [1.82, 2.24) is 15.3 Å². The molecular weight excluding hydrogens is 250 g/mol. The van der Waals surface area contributed by atoms with Gasteiger partial charge in [0.25, 0.3) is 0 Å². The molecule has 0 radical (unpaired) electrons. The van der Waals surface area contributed by atoms with Crippen molar-refractivity contribution in [3.63, 3.8) is 0 Å². The van der Waals surface area contributed by atoms with Gasteiger partial charge in [-0.2, -0.15) is 0 Å². The van der Waals surface area contributed by atoms with Crippen LogP contribution in [0, 0.1) is 0 Å². The third-order valence-electron chi connectivity index (χ3n) is 3.24. The average molecular weight is 271 g/mol. The summed E-state index contributed by atoms with van der Waals surface area (Å²) < 4.78 is 5.26. The van der Waals surface area contributed by atoms with Crippen molar-refractivity contribution in [3.05, 3.63) is 42.4 Å². The SMILES string of the molecule is CC.COc1cccc(-c2nccnc2C2CNC2)c1. The van der Waals surface area contributed by atoms with Gasteiger partial charge in [-0.15, -0.1) is 0 Å². The van der Waals surface area contributed by atoms with E-state index in [1.807, 2.05) is 38.1 Å². The molecule has 2 heterocycles. The predicted molar refractivity (Wildman–Crippen MR) is 81.0 cm³/mol. The Labute approximate surface area is 120 Å². The zero-order chi connectivity index (χ0) is 14.4. The first-order valence-electron chi connectivity index (χ1n) is 7.04. The second-order valence-electron chi connectivity index (χ2n) is 4.38. The fourth-order valence-electron chi connectivity index (χ4n) is 2.12. The summed E-state index contributed by atoms with van der Waals surface area (Å²) in [5, 5.41) is 3.27. The highest BCUT2D eigenvalue weighted by Gasteiger charge is 2.24. The van der Waals surface area contributed by atoms with Gasteiger partial charge in [0.1, 0.15) is 5.75 Å². The Morgan fingerprint density at radius 1 is 1.15 bits per heavy atom. The molecule has 4 nitrogen and oxygen atoms in total. The minimum absolute atomic E-state index is 0.472. The number of ether oxygens (including phenoxy) is 1. The molecule has 1 fully saturated rings. The number of aromatic nitrogens is 2. The lowest BCUT2D eigenvalue weighted by Gasteiger charge is -2.27. The first-order chi connectivity index (χ1) is 9.88. The van der Waals surface area contributed by atoms with Gasteiger partial charge in [0, 0.05) is 37.0 Å². The number of benzene rings is 1. The lowest BCUT2D eigenvalue weighted by atomic mass is 9.94. The first kappa shape index (κ1) is 14.5. The highest BCUT2D eigenvalue weighted by Crippen LogP contribution is 2.29. The van der Waals surface area contributed by atoms with E-state index in [0.717, 1.165) is 35.8 Å². The summed E-state index contributed by atoms with van der Waals surface area (Å²) in [6, 6.07) is 7.96. The highest BCUT2D eigenvalue weighted by atomic mass is 16.5. The van der Waals surface area contributed by atoms with Gasteiger partial charge in [-0.3, -0.25) is 9.97 Å². The van der Waals surface area contributed by atoms with E-state index in [4.69, 9.17) is 4.74 Å². The maximum absolute atomic E-state index is 5.26. The van der Waals surface area contributed by atoms with Gasteiger partial charge < -0.3 is 10.1 Å². The van der Waals surface area contributed by atoms with Gasteiger partial charge in [0.15, 0.2) is 0 Å². The summed E-state index contributed by atoms with van der Waals surface area (Å²) in [4.78, 5) is 8.97. The van der Waals surface area contributed by atoms with E-state index in [0.29, 0.717) is 5.92 Å². The van der Waals surface area contributed by atoms with Crippen molar-refractivity contribution in [2.75, 3.05) is 20.2 Å². The van der Waals surface area contributed by atoms with Crippen LogP contribution in [0.15, 0.2) is 36.7 Å². The van der Waals surface area contributed by atoms with Crippen LogP contribution in [-0.2, 0) is 0 Å². The van der Waals surface area contributed by atoms with Crippen LogP contribution in [0.5, 0.6) is 5.75 Å². The van der Waals surface area contributed by atoms with E-state index >= 15 is 0 Å². The van der Waals surface area contributed by atoms with Gasteiger partial charge in [-0.1, -0.05) is 26.0 Å². The molecule has 0 unspecified atom stereocenters. The number of nitrogens with one attached hydrogen (secondary N) is 1. The van der Waals surface area contributed by atoms with Gasteiger partial charge in [0.05, 0.1) is 18.5 Å². The third-order valence-corrected chi connectivity index (χ3v) is 3.24. The Morgan fingerprint density at radius 3 is 2.55 bits per heavy atom. The van der Waals surface area contributed by atoms with Crippen LogP contribution >= 0.6 is 0 Å². The van der Waals surface area contributed by atoms with Crippen LogP contribution in [0.25, 0.3) is 11.3 Å². The minimum Gasteiger partial charge on any atom is -0.497 e. The van der Waals surface area contributed by atoms with E-state index in [1.165, 1.54) is 0 Å². The number of hydrogen-bond donors (Lipinski definition) is 1. The topological polar surface area (TPSA) is 47.0 Å². The van der Waals surface area contributed by atoms with Gasteiger partial charge in [-0.25, -0.2) is 0 Å². The molecule has 0 bridgehead atoms. The zero-order valence-corrected chi connectivity index (χ0v) is 12.3. The first-order valence-corrected chi connectivity index (χ1v) is 7.04. The van der Waals surface area contributed by atoms with Crippen molar-refractivity contribution in [3.8, 4) is 17.0 Å². The summed E-state index contributed by atoms with van der Waals surface area (Å²) in [5.41, 5.74) is 3.09. The highest BCUT2D eigenvalue weighted by molar-refractivity contribution is 5.64. The molecule has 0 amide bonds. The molecule has 0 atom stereocenters. The monoisotopic (exact) mass is 271 g/mol. The molecule has 1 aliphatic rings. The van der Waals surface area contributed by atoms with E-state index in [-0.39, 0.29) is 0 Å². The van der Waals surface area contributed by atoms with E-state index in [9.17, 15) is 0 Å². The molecule has 1 saturated heterocycles. The zero-order valence-electron chi connectivity index (χ0n) is 12.3. The van der Waals surface area contributed by atoms with E-state index < -0.39 is 0 Å². The van der Waals surface area contributed by atoms with Crippen molar-refractivity contribution in [2.24, 2.45) is 0 Å². The van der Waals surface area contributed by atoms with Crippen LogP contribution < -0.4 is 10.1 Å². The molecule has 0 aliphatic carbocycles. The minimum atomic E-state index is 0.472. The fourth-order valence-corrected chi connectivity index (χ4v) is 2.12. The Kier molecular flexibility index (Phi) is 5.07. The number of nitrogens with zero attached hydrogens (tertiary/aromatic N) is 2. The second kappa shape index (κ2) is 7.01. The molecule has 3 rings (SSSR count). The molecule has 1 aliphatic heterocycles. The van der Waals surface area contributed by atoms with E-state index in [2.05, 4.69) is 15.3 Å². The van der Waals surface area contributed by atoms with Crippen molar-refractivity contribution in [1.29, 1.82) is 0 Å². The van der Waals surface area contributed by atoms with Gasteiger partial charge in [0.2, 0.25) is 0 Å². The lowest BCUT2D eigenvalue weighted by molar-refractivity contribution is 0.415. The maximum Gasteiger partial charge on any atom is 0.119 e. The maximum atomic E-state index is 5.26. The molecule has 2 aromatic rings. The van der Waals surface area contributed by atoms with E-state index in [1.54, 1.807) is 19.5 Å². The standard InChI is InChI=1S/C14H15N3O.C2H6/c1-18-12-4-2-3-10(7-12)13-14(11-8-15-9-11)17-6-5-16-13;1-2/h2-7,11,15H,8-9H2,1H3;1-2H3.